The molecule has 0 fully saturated rings. The van der Waals surface area contributed by atoms with Gasteiger partial charge in [-0.2, -0.15) is 0 Å². The largest absolute Gasteiger partial charge is 0.465 e. The molecule has 122 valence electrons. The Hall–Kier alpha value is -1.93. The first-order valence-electron chi connectivity index (χ1n) is 6.77. The third-order valence-corrected chi connectivity index (χ3v) is 4.44. The molecule has 8 heteroatoms. The van der Waals surface area contributed by atoms with Crippen molar-refractivity contribution in [3.8, 4) is 0 Å². The summed E-state index contributed by atoms with van der Waals surface area (Å²) < 4.78 is 31.3. The molecule has 0 aromatic heterocycles. The Morgan fingerprint density at radius 1 is 1.27 bits per heavy atom. The first kappa shape index (κ1) is 18.1. The van der Waals surface area contributed by atoms with Gasteiger partial charge in [-0.05, 0) is 31.0 Å². The molecular formula is C14H20N2O5S. The fraction of sp³-hybridized carbons (Fsp3) is 0.429. The van der Waals surface area contributed by atoms with Crippen LogP contribution in [-0.2, 0) is 19.6 Å². The molecule has 0 saturated carbocycles. The molecule has 0 aliphatic heterocycles. The molecule has 7 nitrogen and oxygen atoms in total. The minimum absolute atomic E-state index is 0.0568. The van der Waals surface area contributed by atoms with Crippen LogP contribution in [0.4, 0.5) is 0 Å². The van der Waals surface area contributed by atoms with E-state index in [9.17, 15) is 18.0 Å². The van der Waals surface area contributed by atoms with E-state index in [-0.39, 0.29) is 17.0 Å². The number of hydrogen-bond donors (Lipinski definition) is 2. The van der Waals surface area contributed by atoms with Crippen molar-refractivity contribution in [3.63, 3.8) is 0 Å². The molecule has 0 unspecified atom stereocenters. The number of aryl methyl sites for hydroxylation is 1. The minimum Gasteiger partial charge on any atom is -0.465 e. The van der Waals surface area contributed by atoms with Crippen molar-refractivity contribution in [1.29, 1.82) is 0 Å². The van der Waals surface area contributed by atoms with Gasteiger partial charge in [0.05, 0.1) is 24.1 Å². The molecule has 0 atom stereocenters. The van der Waals surface area contributed by atoms with E-state index in [4.69, 9.17) is 0 Å². The molecule has 0 heterocycles. The number of esters is 1. The number of sulfonamides is 1. The molecule has 1 rings (SSSR count). The summed E-state index contributed by atoms with van der Waals surface area (Å²) in [4.78, 5) is 22.9. The molecule has 0 saturated heterocycles. The van der Waals surface area contributed by atoms with Gasteiger partial charge < -0.3 is 10.1 Å². The van der Waals surface area contributed by atoms with Gasteiger partial charge in [-0.15, -0.1) is 0 Å². The zero-order valence-corrected chi connectivity index (χ0v) is 13.6. The van der Waals surface area contributed by atoms with Crippen LogP contribution in [0.1, 0.15) is 29.3 Å². The Kier molecular flexibility index (Phi) is 6.51. The van der Waals surface area contributed by atoms with E-state index in [2.05, 4.69) is 14.8 Å². The second-order valence-electron chi connectivity index (χ2n) is 4.65. The van der Waals surface area contributed by atoms with Crippen LogP contribution in [0.5, 0.6) is 0 Å². The monoisotopic (exact) mass is 328 g/mol. The summed E-state index contributed by atoms with van der Waals surface area (Å²) in [5.41, 5.74) is 0.595. The zero-order chi connectivity index (χ0) is 16.8. The molecule has 0 bridgehead atoms. The summed E-state index contributed by atoms with van der Waals surface area (Å²) in [6, 6.07) is 4.22. The van der Waals surface area contributed by atoms with E-state index in [1.54, 1.807) is 6.92 Å². The number of amides is 1. The van der Waals surface area contributed by atoms with Crippen molar-refractivity contribution in [2.75, 3.05) is 20.2 Å². The van der Waals surface area contributed by atoms with Gasteiger partial charge in [-0.3, -0.25) is 4.79 Å². The molecule has 1 aromatic carbocycles. The molecule has 2 N–H and O–H groups in total. The lowest BCUT2D eigenvalue weighted by molar-refractivity contribution is -0.119. The maximum atomic E-state index is 12.3. The van der Waals surface area contributed by atoms with Crippen molar-refractivity contribution in [2.45, 2.75) is 25.2 Å². The van der Waals surface area contributed by atoms with Crippen LogP contribution < -0.4 is 10.0 Å². The average Bonchev–Trinajstić information content (AvgIpc) is 2.50. The maximum Gasteiger partial charge on any atom is 0.337 e. The minimum atomic E-state index is -3.89. The number of methoxy groups -OCH3 is 1. The van der Waals surface area contributed by atoms with Gasteiger partial charge in [0.25, 0.3) is 0 Å². The van der Waals surface area contributed by atoms with Crippen LogP contribution in [-0.4, -0.2) is 40.5 Å². The number of hydrogen-bond acceptors (Lipinski definition) is 5. The third kappa shape index (κ3) is 4.81. The molecule has 0 radical (unpaired) electrons. The first-order chi connectivity index (χ1) is 10.3. The Bertz CT molecular complexity index is 655. The molecular weight excluding hydrogens is 308 g/mol. The summed E-state index contributed by atoms with van der Waals surface area (Å²) in [6.07, 6.45) is 0.763. The molecule has 1 aromatic rings. The molecule has 1 amide bonds. The van der Waals surface area contributed by atoms with Crippen molar-refractivity contribution in [2.24, 2.45) is 0 Å². The fourth-order valence-electron chi connectivity index (χ4n) is 1.70. The molecule has 0 aliphatic carbocycles. The van der Waals surface area contributed by atoms with Gasteiger partial charge in [0.15, 0.2) is 0 Å². The Labute approximate surface area is 130 Å². The van der Waals surface area contributed by atoms with Crippen LogP contribution in [0.15, 0.2) is 23.1 Å². The van der Waals surface area contributed by atoms with E-state index in [1.165, 1.54) is 25.3 Å². The zero-order valence-electron chi connectivity index (χ0n) is 12.8. The molecule has 0 aliphatic rings. The fourth-order valence-corrected chi connectivity index (χ4v) is 2.95. The summed E-state index contributed by atoms with van der Waals surface area (Å²) in [5.74, 6) is -1.04. The number of nitrogens with one attached hydrogen (secondary N) is 2. The molecule has 0 spiro atoms. The van der Waals surface area contributed by atoms with Gasteiger partial charge in [-0.1, -0.05) is 13.0 Å². The van der Waals surface area contributed by atoms with Crippen LogP contribution in [0.25, 0.3) is 0 Å². The van der Waals surface area contributed by atoms with Crippen molar-refractivity contribution in [1.82, 2.24) is 10.0 Å². The topological polar surface area (TPSA) is 102 Å². The predicted molar refractivity (Wildman–Crippen MR) is 81.0 cm³/mol. The second kappa shape index (κ2) is 7.90. The number of ether oxygens (including phenoxy) is 1. The average molecular weight is 328 g/mol. The molecule has 22 heavy (non-hydrogen) atoms. The smallest absolute Gasteiger partial charge is 0.337 e. The van der Waals surface area contributed by atoms with E-state index in [0.717, 1.165) is 6.42 Å². The maximum absolute atomic E-state index is 12.3. The second-order valence-corrected chi connectivity index (χ2v) is 6.38. The van der Waals surface area contributed by atoms with Gasteiger partial charge in [-0.25, -0.2) is 17.9 Å². The number of rotatable bonds is 7. The lowest BCUT2D eigenvalue weighted by Crippen LogP contribution is -2.37. The van der Waals surface area contributed by atoms with Gasteiger partial charge in [0.2, 0.25) is 15.9 Å². The Morgan fingerprint density at radius 2 is 1.95 bits per heavy atom. The van der Waals surface area contributed by atoms with E-state index < -0.39 is 21.9 Å². The summed E-state index contributed by atoms with van der Waals surface area (Å²) in [6.45, 7) is 3.63. The quantitative estimate of drug-likeness (QED) is 0.713. The van der Waals surface area contributed by atoms with Gasteiger partial charge in [0, 0.05) is 6.54 Å². The highest BCUT2D eigenvalue weighted by atomic mass is 32.2. The summed E-state index contributed by atoms with van der Waals surface area (Å²) >= 11 is 0. The third-order valence-electron chi connectivity index (χ3n) is 2.89. The van der Waals surface area contributed by atoms with E-state index in [0.29, 0.717) is 12.1 Å². The number of carbonyl (C=O) groups excluding carboxylic acids is 2. The number of carbonyl (C=O) groups is 2. The lowest BCUT2D eigenvalue weighted by Gasteiger charge is -2.10. The Balaban J connectivity index is 2.93. The van der Waals surface area contributed by atoms with Crippen LogP contribution >= 0.6 is 0 Å². The SMILES string of the molecule is CCCNC(=O)CNS(=O)(=O)c1cc(C(=O)OC)ccc1C. The van der Waals surface area contributed by atoms with E-state index in [1.807, 2.05) is 6.92 Å². The Morgan fingerprint density at radius 3 is 2.55 bits per heavy atom. The highest BCUT2D eigenvalue weighted by Crippen LogP contribution is 2.17. The first-order valence-corrected chi connectivity index (χ1v) is 8.25. The standard InChI is InChI=1S/C14H20N2O5S/c1-4-7-15-13(17)9-16-22(19,20)12-8-11(14(18)21-3)6-5-10(12)2/h5-6,8,16H,4,7,9H2,1-3H3,(H,15,17). The summed E-state index contributed by atoms with van der Waals surface area (Å²) in [5, 5.41) is 2.57. The van der Waals surface area contributed by atoms with Crippen LogP contribution in [0.2, 0.25) is 0 Å². The lowest BCUT2D eigenvalue weighted by atomic mass is 10.1. The van der Waals surface area contributed by atoms with Crippen LogP contribution in [0, 0.1) is 6.92 Å². The van der Waals surface area contributed by atoms with Crippen LogP contribution in [0.3, 0.4) is 0 Å². The highest BCUT2D eigenvalue weighted by molar-refractivity contribution is 7.89. The summed E-state index contributed by atoms with van der Waals surface area (Å²) in [7, 11) is -2.68. The highest BCUT2D eigenvalue weighted by Gasteiger charge is 2.20. The van der Waals surface area contributed by atoms with Crippen molar-refractivity contribution < 1.29 is 22.7 Å². The normalized spacial score (nSPS) is 11.0. The number of benzene rings is 1. The van der Waals surface area contributed by atoms with Gasteiger partial charge >= 0.3 is 5.97 Å². The predicted octanol–water partition coefficient (Wildman–Crippen LogP) is 0.586. The van der Waals surface area contributed by atoms with Crippen molar-refractivity contribution >= 4 is 21.9 Å². The van der Waals surface area contributed by atoms with E-state index >= 15 is 0 Å². The van der Waals surface area contributed by atoms with Crippen molar-refractivity contribution in [3.05, 3.63) is 29.3 Å². The van der Waals surface area contributed by atoms with Gasteiger partial charge in [0.1, 0.15) is 0 Å².